The summed E-state index contributed by atoms with van der Waals surface area (Å²) >= 11 is 0. The number of hydroxylamine groups is 2. The van der Waals surface area contributed by atoms with Crippen molar-refractivity contribution in [3.8, 4) is 11.5 Å². The molecule has 1 aliphatic heterocycles. The first kappa shape index (κ1) is 23.4. The lowest BCUT2D eigenvalue weighted by Gasteiger charge is -2.35. The van der Waals surface area contributed by atoms with Crippen molar-refractivity contribution in [3.05, 3.63) is 59.3 Å². The number of amides is 1. The van der Waals surface area contributed by atoms with E-state index in [0.29, 0.717) is 28.3 Å². The fraction of sp³-hybridized carbons (Fsp3) is 0.360. The zero-order chi connectivity index (χ0) is 24.6. The molecule has 4 rings (SSSR count). The quantitative estimate of drug-likeness (QED) is 0.532. The molecule has 2 aromatic carbocycles. The van der Waals surface area contributed by atoms with E-state index in [1.165, 1.54) is 18.8 Å². The summed E-state index contributed by atoms with van der Waals surface area (Å²) < 4.78 is 23.1. The van der Waals surface area contributed by atoms with Gasteiger partial charge in [0.2, 0.25) is 0 Å². The standard InChI is InChI=1S/C25H28N2O7/c1-25(2,3)34-23(28)26-18-10-8-7-9-16(18)17-14-33-27(24(29)32-6)21(22(17)26)15-11-12-19(30-4)20(13-15)31-5/h7-13,21H,14H2,1-6H3. The zero-order valence-corrected chi connectivity index (χ0v) is 20.1. The molecule has 180 valence electrons. The number of hydrogen-bond acceptors (Lipinski definition) is 7. The largest absolute Gasteiger partial charge is 0.493 e. The van der Waals surface area contributed by atoms with E-state index >= 15 is 0 Å². The molecule has 2 heterocycles. The average Bonchev–Trinajstić information content (AvgIpc) is 3.16. The van der Waals surface area contributed by atoms with Crippen molar-refractivity contribution in [2.75, 3.05) is 21.3 Å². The van der Waals surface area contributed by atoms with Crippen molar-refractivity contribution in [1.29, 1.82) is 0 Å². The van der Waals surface area contributed by atoms with Crippen molar-refractivity contribution >= 4 is 23.1 Å². The van der Waals surface area contributed by atoms with Gasteiger partial charge in [-0.1, -0.05) is 24.3 Å². The van der Waals surface area contributed by atoms with Gasteiger partial charge in [0.1, 0.15) is 18.2 Å². The molecule has 1 aliphatic rings. The highest BCUT2D eigenvalue weighted by Gasteiger charge is 2.41. The number of hydrogen-bond donors (Lipinski definition) is 0. The van der Waals surface area contributed by atoms with Crippen LogP contribution in [-0.2, 0) is 20.9 Å². The van der Waals surface area contributed by atoms with Gasteiger partial charge >= 0.3 is 12.2 Å². The molecule has 9 nitrogen and oxygen atoms in total. The summed E-state index contributed by atoms with van der Waals surface area (Å²) in [5.41, 5.74) is 1.90. The van der Waals surface area contributed by atoms with Gasteiger partial charge in [-0.2, -0.15) is 5.06 Å². The molecule has 0 N–H and O–H groups in total. The third-order valence-corrected chi connectivity index (χ3v) is 5.52. The predicted molar refractivity (Wildman–Crippen MR) is 124 cm³/mol. The summed E-state index contributed by atoms with van der Waals surface area (Å²) in [5.74, 6) is 0.998. The molecule has 0 bridgehead atoms. The maximum atomic E-state index is 13.5. The van der Waals surface area contributed by atoms with Gasteiger partial charge in [-0.15, -0.1) is 0 Å². The summed E-state index contributed by atoms with van der Waals surface area (Å²) in [6.45, 7) is 5.49. The van der Waals surface area contributed by atoms with Crippen LogP contribution in [-0.4, -0.2) is 48.7 Å². The summed E-state index contributed by atoms with van der Waals surface area (Å²) in [6, 6.07) is 11.9. The molecule has 0 aliphatic carbocycles. The van der Waals surface area contributed by atoms with E-state index in [2.05, 4.69) is 0 Å². The van der Waals surface area contributed by atoms with Crippen LogP contribution in [0.25, 0.3) is 10.9 Å². The monoisotopic (exact) mass is 468 g/mol. The Labute approximate surface area is 197 Å². The minimum absolute atomic E-state index is 0.0739. The molecule has 9 heteroatoms. The minimum atomic E-state index is -0.823. The summed E-state index contributed by atoms with van der Waals surface area (Å²) in [5, 5.41) is 1.96. The number of carbonyl (C=O) groups excluding carboxylic acids is 2. The van der Waals surface area contributed by atoms with Crippen LogP contribution in [0.15, 0.2) is 42.5 Å². The van der Waals surface area contributed by atoms with Crippen LogP contribution in [0.2, 0.25) is 0 Å². The van der Waals surface area contributed by atoms with Crippen LogP contribution < -0.4 is 9.47 Å². The fourth-order valence-corrected chi connectivity index (χ4v) is 4.15. The van der Waals surface area contributed by atoms with Crippen LogP contribution in [0.5, 0.6) is 11.5 Å². The number of aromatic nitrogens is 1. The Hall–Kier alpha value is -3.72. The summed E-state index contributed by atoms with van der Waals surface area (Å²) in [7, 11) is 4.34. The highest BCUT2D eigenvalue weighted by molar-refractivity contribution is 5.94. The molecular weight excluding hydrogens is 440 g/mol. The van der Waals surface area contributed by atoms with Crippen LogP contribution >= 0.6 is 0 Å². The van der Waals surface area contributed by atoms with Crippen LogP contribution in [0.4, 0.5) is 9.59 Å². The van der Waals surface area contributed by atoms with Crippen molar-refractivity contribution in [2.24, 2.45) is 0 Å². The predicted octanol–water partition coefficient (Wildman–Crippen LogP) is 5.04. The van der Waals surface area contributed by atoms with E-state index in [9.17, 15) is 9.59 Å². The maximum absolute atomic E-state index is 13.5. The number of nitrogens with zero attached hydrogens (tertiary/aromatic N) is 2. The molecule has 0 saturated heterocycles. The number of benzene rings is 2. The van der Waals surface area contributed by atoms with Gasteiger partial charge in [0, 0.05) is 10.9 Å². The van der Waals surface area contributed by atoms with E-state index in [1.807, 2.05) is 24.3 Å². The first-order valence-electron chi connectivity index (χ1n) is 10.8. The van der Waals surface area contributed by atoms with Crippen molar-refractivity contribution in [1.82, 2.24) is 9.63 Å². The normalized spacial score (nSPS) is 15.6. The molecule has 1 aromatic heterocycles. The Kier molecular flexibility index (Phi) is 6.14. The van der Waals surface area contributed by atoms with Crippen molar-refractivity contribution in [3.63, 3.8) is 0 Å². The highest BCUT2D eigenvalue weighted by atomic mass is 16.7. The van der Waals surface area contributed by atoms with E-state index in [1.54, 1.807) is 46.1 Å². The third-order valence-electron chi connectivity index (χ3n) is 5.52. The lowest BCUT2D eigenvalue weighted by atomic mass is 9.97. The first-order chi connectivity index (χ1) is 16.2. The molecule has 1 atom stereocenters. The van der Waals surface area contributed by atoms with E-state index in [4.69, 9.17) is 23.8 Å². The van der Waals surface area contributed by atoms with Gasteiger partial charge < -0.3 is 18.9 Å². The van der Waals surface area contributed by atoms with E-state index in [-0.39, 0.29) is 6.61 Å². The van der Waals surface area contributed by atoms with Gasteiger partial charge in [0.15, 0.2) is 11.5 Å². The maximum Gasteiger partial charge on any atom is 0.434 e. The van der Waals surface area contributed by atoms with E-state index in [0.717, 1.165) is 16.0 Å². The Morgan fingerprint density at radius 3 is 2.32 bits per heavy atom. The second-order valence-electron chi connectivity index (χ2n) is 8.78. The molecule has 3 aromatic rings. The molecule has 0 fully saturated rings. The molecule has 1 amide bonds. The molecule has 0 radical (unpaired) electrons. The lowest BCUT2D eigenvalue weighted by Crippen LogP contribution is -2.41. The van der Waals surface area contributed by atoms with Gasteiger partial charge in [-0.3, -0.25) is 4.84 Å². The SMILES string of the molecule is COC(=O)N1OCc2c(n(C(=O)OC(C)(C)C)c3ccccc23)C1c1ccc(OC)c(OC)c1. The number of ether oxygens (including phenoxy) is 4. The molecular formula is C25H28N2O7. The number of carbonyl (C=O) groups is 2. The smallest absolute Gasteiger partial charge is 0.434 e. The van der Waals surface area contributed by atoms with Crippen LogP contribution in [0.1, 0.15) is 43.6 Å². The average molecular weight is 469 g/mol. The summed E-state index contributed by atoms with van der Waals surface area (Å²) in [4.78, 5) is 32.1. The van der Waals surface area contributed by atoms with Crippen LogP contribution in [0, 0.1) is 0 Å². The number of rotatable bonds is 3. The Balaban J connectivity index is 2.01. The Morgan fingerprint density at radius 1 is 0.971 bits per heavy atom. The topological polar surface area (TPSA) is 88.5 Å². The van der Waals surface area contributed by atoms with E-state index < -0.39 is 23.8 Å². The molecule has 0 saturated carbocycles. The van der Waals surface area contributed by atoms with Gasteiger partial charge in [0.25, 0.3) is 0 Å². The Bertz CT molecular complexity index is 1240. The number of para-hydroxylation sites is 1. The second kappa shape index (κ2) is 8.90. The second-order valence-corrected chi connectivity index (χ2v) is 8.78. The molecule has 0 spiro atoms. The van der Waals surface area contributed by atoms with Gasteiger partial charge in [0.05, 0.1) is 32.5 Å². The van der Waals surface area contributed by atoms with Crippen LogP contribution in [0.3, 0.4) is 0 Å². The first-order valence-corrected chi connectivity index (χ1v) is 10.8. The van der Waals surface area contributed by atoms with Crippen molar-refractivity contribution in [2.45, 2.75) is 39.0 Å². The Morgan fingerprint density at radius 2 is 1.68 bits per heavy atom. The van der Waals surface area contributed by atoms with Crippen molar-refractivity contribution < 1.29 is 33.4 Å². The number of methoxy groups -OCH3 is 3. The highest BCUT2D eigenvalue weighted by Crippen LogP contribution is 2.43. The van der Waals surface area contributed by atoms with Gasteiger partial charge in [-0.25, -0.2) is 14.2 Å². The minimum Gasteiger partial charge on any atom is -0.493 e. The third kappa shape index (κ3) is 4.03. The molecule has 1 unspecified atom stereocenters. The molecule has 34 heavy (non-hydrogen) atoms. The summed E-state index contributed by atoms with van der Waals surface area (Å²) in [6.07, 6.45) is -1.26. The number of fused-ring (bicyclic) bond motifs is 3. The van der Waals surface area contributed by atoms with Gasteiger partial charge in [-0.05, 0) is 44.5 Å². The fourth-order valence-electron chi connectivity index (χ4n) is 4.15. The zero-order valence-electron chi connectivity index (χ0n) is 20.1. The lowest BCUT2D eigenvalue weighted by molar-refractivity contribution is -0.173.